The number of rotatable bonds is 2. The number of hydrogen-bond donors (Lipinski definition) is 0. The summed E-state index contributed by atoms with van der Waals surface area (Å²) in [5, 5.41) is 1.64. The highest BCUT2D eigenvalue weighted by atomic mass is 127. The van der Waals surface area contributed by atoms with Gasteiger partial charge in [-0.15, -0.1) is 11.3 Å². The van der Waals surface area contributed by atoms with Crippen LogP contribution in [0.15, 0.2) is 23.6 Å². The van der Waals surface area contributed by atoms with E-state index in [-0.39, 0.29) is 11.1 Å². The molecule has 1 nitrogen and oxygen atoms in total. The van der Waals surface area contributed by atoms with E-state index in [2.05, 4.69) is 22.6 Å². The fourth-order valence-corrected chi connectivity index (χ4v) is 2.73. The number of halogens is 3. The van der Waals surface area contributed by atoms with Crippen molar-refractivity contribution >= 4 is 39.7 Å². The number of carbonyl (C=O) groups excluding carboxylic acids is 1. The zero-order valence-corrected chi connectivity index (χ0v) is 11.7. The normalized spacial score (nSPS) is 10.6. The maximum absolute atomic E-state index is 13.6. The van der Waals surface area contributed by atoms with Gasteiger partial charge in [0.05, 0.1) is 8.45 Å². The van der Waals surface area contributed by atoms with Crippen molar-refractivity contribution in [3.8, 4) is 0 Å². The molecular weight excluding hydrogens is 357 g/mol. The lowest BCUT2D eigenvalue weighted by atomic mass is 10.0. The summed E-state index contributed by atoms with van der Waals surface area (Å²) in [4.78, 5) is 11.9. The molecule has 0 aliphatic heterocycles. The Kier molecular flexibility index (Phi) is 3.58. The topological polar surface area (TPSA) is 17.1 Å². The molecule has 0 unspecified atom stereocenters. The van der Waals surface area contributed by atoms with Gasteiger partial charge in [-0.2, -0.15) is 0 Å². The van der Waals surface area contributed by atoms with Crippen molar-refractivity contribution in [3.05, 3.63) is 54.8 Å². The summed E-state index contributed by atoms with van der Waals surface area (Å²) in [5.74, 6) is -2.52. The Bertz CT molecular complexity index is 592. The highest BCUT2D eigenvalue weighted by molar-refractivity contribution is 14.1. The van der Waals surface area contributed by atoms with E-state index >= 15 is 0 Å². The standard InChI is InChI=1S/C12H7F2IOS/c1-6-2-3-8(11(14)10(6)13)12(16)7-4-9(15)17-5-7/h2-5H,1H3. The van der Waals surface area contributed by atoms with Crippen molar-refractivity contribution in [3.63, 3.8) is 0 Å². The lowest BCUT2D eigenvalue weighted by Gasteiger charge is -2.03. The molecule has 2 rings (SSSR count). The highest BCUT2D eigenvalue weighted by Crippen LogP contribution is 2.22. The average Bonchev–Trinajstić information content (AvgIpc) is 2.72. The Morgan fingerprint density at radius 1 is 1.29 bits per heavy atom. The van der Waals surface area contributed by atoms with Gasteiger partial charge in [-0.05, 0) is 47.2 Å². The van der Waals surface area contributed by atoms with Crippen LogP contribution in [0, 0.1) is 21.4 Å². The minimum absolute atomic E-state index is 0.193. The number of benzene rings is 1. The van der Waals surface area contributed by atoms with Crippen LogP contribution in [-0.2, 0) is 0 Å². The molecule has 2 aromatic rings. The predicted molar refractivity (Wildman–Crippen MR) is 71.6 cm³/mol. The molecule has 0 amide bonds. The summed E-state index contributed by atoms with van der Waals surface area (Å²) in [6.45, 7) is 1.46. The number of ketones is 1. The van der Waals surface area contributed by atoms with Gasteiger partial charge in [0, 0.05) is 10.9 Å². The van der Waals surface area contributed by atoms with Crippen molar-refractivity contribution in [1.82, 2.24) is 0 Å². The SMILES string of the molecule is Cc1ccc(C(=O)c2csc(I)c2)c(F)c1F. The second kappa shape index (κ2) is 4.81. The zero-order valence-electron chi connectivity index (χ0n) is 8.76. The fraction of sp³-hybridized carbons (Fsp3) is 0.0833. The average molecular weight is 364 g/mol. The summed E-state index contributed by atoms with van der Waals surface area (Å²) >= 11 is 3.46. The molecule has 1 aromatic heterocycles. The van der Waals surface area contributed by atoms with E-state index in [0.29, 0.717) is 5.56 Å². The van der Waals surface area contributed by atoms with Gasteiger partial charge in [0.25, 0.3) is 0 Å². The number of aryl methyl sites for hydroxylation is 1. The molecule has 5 heteroatoms. The monoisotopic (exact) mass is 364 g/mol. The van der Waals surface area contributed by atoms with E-state index in [1.54, 1.807) is 11.4 Å². The van der Waals surface area contributed by atoms with E-state index in [0.717, 1.165) is 2.88 Å². The van der Waals surface area contributed by atoms with Crippen LogP contribution in [0.1, 0.15) is 21.5 Å². The van der Waals surface area contributed by atoms with E-state index in [9.17, 15) is 13.6 Å². The van der Waals surface area contributed by atoms with Gasteiger partial charge < -0.3 is 0 Å². The Hall–Kier alpha value is -0.820. The predicted octanol–water partition coefficient (Wildman–Crippen LogP) is 4.17. The first-order valence-electron chi connectivity index (χ1n) is 4.74. The van der Waals surface area contributed by atoms with E-state index in [1.807, 2.05) is 0 Å². The van der Waals surface area contributed by atoms with Crippen LogP contribution in [0.2, 0.25) is 0 Å². The molecule has 0 saturated carbocycles. The second-order valence-corrected chi connectivity index (χ2v) is 6.33. The van der Waals surface area contributed by atoms with Crippen LogP contribution in [0.3, 0.4) is 0 Å². The molecule has 1 heterocycles. The molecule has 0 saturated heterocycles. The first kappa shape index (κ1) is 12.6. The maximum Gasteiger partial charge on any atom is 0.196 e. The molecule has 0 fully saturated rings. The summed E-state index contributed by atoms with van der Waals surface area (Å²) in [6, 6.07) is 4.38. The third-order valence-electron chi connectivity index (χ3n) is 2.35. The molecule has 0 aliphatic carbocycles. The summed E-state index contributed by atoms with van der Waals surface area (Å²) in [6.07, 6.45) is 0. The molecule has 0 radical (unpaired) electrons. The van der Waals surface area contributed by atoms with Gasteiger partial charge in [-0.25, -0.2) is 8.78 Å². The van der Waals surface area contributed by atoms with Crippen LogP contribution >= 0.6 is 33.9 Å². The number of carbonyl (C=O) groups is 1. The Morgan fingerprint density at radius 3 is 2.59 bits per heavy atom. The van der Waals surface area contributed by atoms with E-state index in [1.165, 1.54) is 30.4 Å². The molecule has 1 aromatic carbocycles. The summed E-state index contributed by atoms with van der Waals surface area (Å²) < 4.78 is 27.9. The molecule has 88 valence electrons. The first-order chi connectivity index (χ1) is 8.00. The highest BCUT2D eigenvalue weighted by Gasteiger charge is 2.19. The first-order valence-corrected chi connectivity index (χ1v) is 6.70. The Morgan fingerprint density at radius 2 is 2.00 bits per heavy atom. The van der Waals surface area contributed by atoms with Gasteiger partial charge in [0.2, 0.25) is 0 Å². The minimum Gasteiger partial charge on any atom is -0.288 e. The Balaban J connectivity index is 2.48. The van der Waals surface area contributed by atoms with E-state index in [4.69, 9.17) is 0 Å². The van der Waals surface area contributed by atoms with E-state index < -0.39 is 17.4 Å². The van der Waals surface area contributed by atoms with Crippen LogP contribution in [0.4, 0.5) is 8.78 Å². The molecule has 0 aliphatic rings. The molecule has 0 bridgehead atoms. The van der Waals surface area contributed by atoms with Crippen LogP contribution in [0.25, 0.3) is 0 Å². The number of hydrogen-bond acceptors (Lipinski definition) is 2. The third-order valence-corrected chi connectivity index (χ3v) is 4.14. The molecule has 0 atom stereocenters. The molecule has 0 spiro atoms. The fourth-order valence-electron chi connectivity index (χ4n) is 1.41. The van der Waals surface area contributed by atoms with Crippen molar-refractivity contribution in [2.24, 2.45) is 0 Å². The van der Waals surface area contributed by atoms with Gasteiger partial charge in [0.1, 0.15) is 0 Å². The molecule has 0 N–H and O–H groups in total. The Labute approximate surface area is 115 Å². The van der Waals surface area contributed by atoms with Crippen molar-refractivity contribution in [2.45, 2.75) is 6.92 Å². The smallest absolute Gasteiger partial charge is 0.196 e. The minimum atomic E-state index is -1.07. The van der Waals surface area contributed by atoms with Crippen LogP contribution in [-0.4, -0.2) is 5.78 Å². The van der Waals surface area contributed by atoms with Gasteiger partial charge in [0.15, 0.2) is 17.4 Å². The zero-order chi connectivity index (χ0) is 12.6. The number of thiophene rings is 1. The van der Waals surface area contributed by atoms with Crippen molar-refractivity contribution < 1.29 is 13.6 Å². The lowest BCUT2D eigenvalue weighted by Crippen LogP contribution is -2.05. The van der Waals surface area contributed by atoms with Gasteiger partial charge in [-0.3, -0.25) is 4.79 Å². The lowest BCUT2D eigenvalue weighted by molar-refractivity contribution is 0.103. The molecular formula is C12H7F2IOS. The van der Waals surface area contributed by atoms with Crippen LogP contribution in [0.5, 0.6) is 0 Å². The van der Waals surface area contributed by atoms with Crippen LogP contribution < -0.4 is 0 Å². The van der Waals surface area contributed by atoms with Crippen molar-refractivity contribution in [2.75, 3.05) is 0 Å². The maximum atomic E-state index is 13.6. The van der Waals surface area contributed by atoms with Gasteiger partial charge >= 0.3 is 0 Å². The molecule has 17 heavy (non-hydrogen) atoms. The summed E-state index contributed by atoms with van der Waals surface area (Å²) in [5.41, 5.74) is 0.364. The largest absolute Gasteiger partial charge is 0.288 e. The summed E-state index contributed by atoms with van der Waals surface area (Å²) in [7, 11) is 0. The van der Waals surface area contributed by atoms with Gasteiger partial charge in [-0.1, -0.05) is 6.07 Å². The third kappa shape index (κ3) is 2.40. The quantitative estimate of drug-likeness (QED) is 0.578. The second-order valence-electron chi connectivity index (χ2n) is 3.53. The van der Waals surface area contributed by atoms with Crippen molar-refractivity contribution in [1.29, 1.82) is 0 Å².